The van der Waals surface area contributed by atoms with Crippen molar-refractivity contribution in [2.45, 2.75) is 24.7 Å². The van der Waals surface area contributed by atoms with E-state index >= 15 is 0 Å². The quantitative estimate of drug-likeness (QED) is 0.289. The van der Waals surface area contributed by atoms with Gasteiger partial charge in [-0.3, -0.25) is 9.59 Å². The van der Waals surface area contributed by atoms with Crippen LogP contribution >= 0.6 is 0 Å². The van der Waals surface area contributed by atoms with Gasteiger partial charge in [-0.15, -0.1) is 0 Å². The van der Waals surface area contributed by atoms with Gasteiger partial charge >= 0.3 is 5.97 Å². The first-order chi connectivity index (χ1) is 16.8. The molecule has 0 atom stereocenters. The van der Waals surface area contributed by atoms with Crippen molar-refractivity contribution in [1.82, 2.24) is 4.31 Å². The molecule has 0 aromatic heterocycles. The molecule has 0 amide bonds. The minimum Gasteiger partial charge on any atom is -0.426 e. The van der Waals surface area contributed by atoms with Gasteiger partial charge in [0.2, 0.25) is 10.0 Å². The van der Waals surface area contributed by atoms with Crippen molar-refractivity contribution in [2.24, 2.45) is 5.92 Å². The molecule has 1 aliphatic rings. The van der Waals surface area contributed by atoms with Crippen molar-refractivity contribution in [3.63, 3.8) is 0 Å². The molecule has 0 spiro atoms. The first-order valence-corrected chi connectivity index (χ1v) is 12.7. The van der Waals surface area contributed by atoms with Crippen LogP contribution in [-0.4, -0.2) is 37.6 Å². The molecule has 178 valence electrons. The van der Waals surface area contributed by atoms with E-state index in [2.05, 4.69) is 6.07 Å². The molecule has 0 aliphatic carbocycles. The van der Waals surface area contributed by atoms with Crippen LogP contribution < -0.4 is 4.74 Å². The van der Waals surface area contributed by atoms with Crippen molar-refractivity contribution < 1.29 is 22.7 Å². The molecule has 0 radical (unpaired) electrons. The van der Waals surface area contributed by atoms with Gasteiger partial charge in [-0.05, 0) is 67.3 Å². The summed E-state index contributed by atoms with van der Waals surface area (Å²) < 4.78 is 32.8. The van der Waals surface area contributed by atoms with E-state index in [1.54, 1.807) is 24.3 Å². The van der Waals surface area contributed by atoms with E-state index < -0.39 is 10.0 Å². The number of ether oxygens (including phenoxy) is 1. The van der Waals surface area contributed by atoms with E-state index in [1.165, 1.54) is 35.5 Å². The average Bonchev–Trinajstić information content (AvgIpc) is 2.89. The Morgan fingerprint density at radius 2 is 1.43 bits per heavy atom. The lowest BCUT2D eigenvalue weighted by Crippen LogP contribution is -2.41. The Labute approximate surface area is 204 Å². The molecule has 4 rings (SSSR count). The molecule has 0 saturated carbocycles. The maximum atomic E-state index is 12.9. The maximum Gasteiger partial charge on any atom is 0.314 e. The second-order valence-electron chi connectivity index (χ2n) is 8.39. The number of esters is 1. The third-order valence-corrected chi connectivity index (χ3v) is 8.02. The summed E-state index contributed by atoms with van der Waals surface area (Å²) in [7, 11) is -3.70. The van der Waals surface area contributed by atoms with Crippen LogP contribution in [0.25, 0.3) is 11.1 Å². The van der Waals surface area contributed by atoms with Crippen molar-refractivity contribution in [3.8, 4) is 22.9 Å². The first kappa shape index (κ1) is 24.3. The number of hydrogen-bond donors (Lipinski definition) is 0. The minimum absolute atomic E-state index is 0.128. The van der Waals surface area contributed by atoms with Gasteiger partial charge in [-0.1, -0.05) is 36.4 Å². The number of Topliss-reactive ketones (excluding diaryl/α,β-unsaturated/α-hetero) is 1. The van der Waals surface area contributed by atoms with Crippen LogP contribution in [0.4, 0.5) is 0 Å². The summed E-state index contributed by atoms with van der Waals surface area (Å²) in [4.78, 5) is 24.2. The number of benzene rings is 3. The number of nitriles is 1. The third-order valence-electron chi connectivity index (χ3n) is 6.11. The van der Waals surface area contributed by atoms with Crippen LogP contribution in [0.1, 0.15) is 35.7 Å². The van der Waals surface area contributed by atoms with E-state index in [1.807, 2.05) is 24.3 Å². The second kappa shape index (κ2) is 10.2. The fourth-order valence-electron chi connectivity index (χ4n) is 3.99. The molecule has 1 fully saturated rings. The van der Waals surface area contributed by atoms with E-state index in [0.717, 1.165) is 11.1 Å². The summed E-state index contributed by atoms with van der Waals surface area (Å²) in [6.07, 6.45) is 0.736. The van der Waals surface area contributed by atoms with Gasteiger partial charge in [-0.25, -0.2) is 8.42 Å². The highest BCUT2D eigenvalue weighted by molar-refractivity contribution is 7.89. The van der Waals surface area contributed by atoms with Gasteiger partial charge in [0.05, 0.1) is 22.4 Å². The molecular weight excluding hydrogens is 464 g/mol. The summed E-state index contributed by atoms with van der Waals surface area (Å²) >= 11 is 0. The van der Waals surface area contributed by atoms with Crippen molar-refractivity contribution in [2.75, 3.05) is 13.1 Å². The van der Waals surface area contributed by atoms with Crippen molar-refractivity contribution in [3.05, 3.63) is 83.9 Å². The molecule has 7 nitrogen and oxygen atoms in total. The van der Waals surface area contributed by atoms with Gasteiger partial charge in [0.15, 0.2) is 5.78 Å². The van der Waals surface area contributed by atoms with Crippen LogP contribution in [0.5, 0.6) is 5.75 Å². The average molecular weight is 489 g/mol. The number of nitrogens with zero attached hydrogens (tertiary/aromatic N) is 2. The number of hydrogen-bond acceptors (Lipinski definition) is 6. The van der Waals surface area contributed by atoms with Gasteiger partial charge in [0.1, 0.15) is 5.75 Å². The lowest BCUT2D eigenvalue weighted by molar-refractivity contribution is -0.140. The first-order valence-electron chi connectivity index (χ1n) is 11.2. The van der Waals surface area contributed by atoms with Crippen LogP contribution in [0.2, 0.25) is 0 Å². The summed E-state index contributed by atoms with van der Waals surface area (Å²) in [5, 5.41) is 8.92. The number of rotatable bonds is 6. The minimum atomic E-state index is -3.70. The Bertz CT molecular complexity index is 1370. The molecule has 1 aliphatic heterocycles. The molecule has 1 heterocycles. The summed E-state index contributed by atoms with van der Waals surface area (Å²) in [6.45, 7) is 1.86. The maximum absolute atomic E-state index is 12.9. The molecule has 0 bridgehead atoms. The van der Waals surface area contributed by atoms with E-state index in [9.17, 15) is 18.0 Å². The number of carbonyl (C=O) groups is 2. The van der Waals surface area contributed by atoms with Crippen LogP contribution in [-0.2, 0) is 14.8 Å². The predicted molar refractivity (Wildman–Crippen MR) is 130 cm³/mol. The summed E-state index contributed by atoms with van der Waals surface area (Å²) in [5.41, 5.74) is 2.93. The zero-order chi connectivity index (χ0) is 25.0. The van der Waals surface area contributed by atoms with Gasteiger partial charge in [-0.2, -0.15) is 9.57 Å². The van der Waals surface area contributed by atoms with Crippen molar-refractivity contribution in [1.29, 1.82) is 5.26 Å². The lowest BCUT2D eigenvalue weighted by atomic mass is 9.98. The predicted octanol–water partition coefficient (Wildman–Crippen LogP) is 4.43. The molecule has 0 N–H and O–H groups in total. The van der Waals surface area contributed by atoms with Crippen molar-refractivity contribution >= 4 is 21.8 Å². The molecule has 8 heteroatoms. The fraction of sp³-hybridized carbons (Fsp3) is 0.222. The zero-order valence-corrected chi connectivity index (χ0v) is 20.0. The number of piperidine rings is 1. The van der Waals surface area contributed by atoms with E-state index in [4.69, 9.17) is 10.00 Å². The topological polar surface area (TPSA) is 105 Å². The van der Waals surface area contributed by atoms with Crippen LogP contribution in [0, 0.1) is 17.2 Å². The fourth-order valence-corrected chi connectivity index (χ4v) is 5.46. The Hall–Kier alpha value is -3.80. The van der Waals surface area contributed by atoms with Gasteiger partial charge < -0.3 is 4.74 Å². The van der Waals surface area contributed by atoms with E-state index in [-0.39, 0.29) is 35.7 Å². The second-order valence-corrected chi connectivity index (χ2v) is 10.3. The van der Waals surface area contributed by atoms with Gasteiger partial charge in [0.25, 0.3) is 0 Å². The molecule has 3 aromatic carbocycles. The highest BCUT2D eigenvalue weighted by atomic mass is 32.2. The Morgan fingerprint density at radius 1 is 0.886 bits per heavy atom. The van der Waals surface area contributed by atoms with Crippen LogP contribution in [0.3, 0.4) is 0 Å². The Morgan fingerprint density at radius 3 is 1.94 bits per heavy atom. The highest BCUT2D eigenvalue weighted by Crippen LogP contribution is 2.27. The molecule has 1 saturated heterocycles. The molecular formula is C27H24N2O5S. The van der Waals surface area contributed by atoms with Gasteiger partial charge in [0, 0.05) is 18.7 Å². The number of carbonyl (C=O) groups excluding carboxylic acids is 2. The largest absolute Gasteiger partial charge is 0.426 e. The SMILES string of the molecule is CC(=O)c1ccc(S(=O)(=O)N2CCC(C(=O)Oc3ccc(-c4ccc(C#N)cc4)cc3)CC2)cc1. The molecule has 35 heavy (non-hydrogen) atoms. The number of sulfonamides is 1. The lowest BCUT2D eigenvalue weighted by Gasteiger charge is -2.30. The highest BCUT2D eigenvalue weighted by Gasteiger charge is 2.33. The molecule has 3 aromatic rings. The zero-order valence-electron chi connectivity index (χ0n) is 19.2. The summed E-state index contributed by atoms with van der Waals surface area (Å²) in [6, 6.07) is 22.3. The third kappa shape index (κ3) is 5.48. The normalized spacial score (nSPS) is 14.7. The summed E-state index contributed by atoms with van der Waals surface area (Å²) in [5.74, 6) is -0.469. The van der Waals surface area contributed by atoms with E-state index in [0.29, 0.717) is 29.7 Å². The monoisotopic (exact) mass is 488 g/mol. The Kier molecular flexibility index (Phi) is 7.10. The number of ketones is 1. The van der Waals surface area contributed by atoms with Crippen LogP contribution in [0.15, 0.2) is 77.7 Å². The smallest absolute Gasteiger partial charge is 0.314 e. The molecule has 0 unspecified atom stereocenters. The Balaban J connectivity index is 1.34. The standard InChI is InChI=1S/C27H24N2O5S/c1-19(30)21-8-12-26(13-9-21)35(32,33)29-16-14-24(15-17-29)27(31)34-25-10-6-23(7-11-25)22-4-2-20(18-28)3-5-22/h2-13,24H,14-17H2,1H3.